The number of ether oxygens (including phenoxy) is 3. The van der Waals surface area contributed by atoms with Crippen LogP contribution in [0.5, 0.6) is 11.5 Å². The number of hydrogen-bond donors (Lipinski definition) is 0. The summed E-state index contributed by atoms with van der Waals surface area (Å²) in [5.74, 6) is 1.70. The van der Waals surface area contributed by atoms with Crippen molar-refractivity contribution >= 4 is 17.5 Å². The minimum atomic E-state index is -0.542. The van der Waals surface area contributed by atoms with E-state index >= 15 is 0 Å². The fourth-order valence-electron chi connectivity index (χ4n) is 6.70. The van der Waals surface area contributed by atoms with Crippen LogP contribution in [0.1, 0.15) is 37.8 Å². The number of allylic oxidation sites excluding steroid dienone is 2. The number of hydrogen-bond acceptors (Lipinski definition) is 5. The SMILES string of the molecule is CCOC(=O)C(C(=O)OCC)=C1[C@@H]2C[C@H]3C(=C4c5ccccc5Oc5ccccc54)[C@@H]2C[C@@H]13. The van der Waals surface area contributed by atoms with Gasteiger partial charge in [0.2, 0.25) is 0 Å². The van der Waals surface area contributed by atoms with Crippen LogP contribution in [-0.2, 0) is 19.1 Å². The van der Waals surface area contributed by atoms with Gasteiger partial charge in [-0.15, -0.1) is 0 Å². The summed E-state index contributed by atoms with van der Waals surface area (Å²) in [4.78, 5) is 25.6. The molecule has 5 nitrogen and oxygen atoms in total. The molecule has 5 heteroatoms. The maximum absolute atomic E-state index is 12.8. The average Bonchev–Trinajstić information content (AvgIpc) is 3.55. The number of fused-ring (bicyclic) bond motifs is 2. The largest absolute Gasteiger partial charge is 0.462 e. The van der Waals surface area contributed by atoms with Crippen molar-refractivity contribution < 1.29 is 23.8 Å². The molecule has 0 aromatic heterocycles. The van der Waals surface area contributed by atoms with Crippen molar-refractivity contribution in [3.63, 3.8) is 0 Å². The average molecular weight is 443 g/mol. The number of rotatable bonds is 4. The molecule has 4 fully saturated rings. The molecule has 2 aromatic carbocycles. The molecular formula is C28H26O5. The normalized spacial score (nSPS) is 25.6. The summed E-state index contributed by atoms with van der Waals surface area (Å²) in [7, 11) is 0. The Labute approximate surface area is 193 Å². The lowest BCUT2D eigenvalue weighted by Gasteiger charge is -2.28. The lowest BCUT2D eigenvalue weighted by atomic mass is 9.80. The highest BCUT2D eigenvalue weighted by Gasteiger charge is 2.62. The van der Waals surface area contributed by atoms with Crippen LogP contribution in [0.4, 0.5) is 0 Å². The van der Waals surface area contributed by atoms with Gasteiger partial charge in [0.1, 0.15) is 17.1 Å². The molecule has 1 heterocycles. The first kappa shape index (κ1) is 20.3. The van der Waals surface area contributed by atoms with Crippen LogP contribution in [0.2, 0.25) is 0 Å². The van der Waals surface area contributed by atoms with Gasteiger partial charge in [-0.3, -0.25) is 0 Å². The Kier molecular flexibility index (Phi) is 4.68. The highest BCUT2D eigenvalue weighted by molar-refractivity contribution is 6.15. The maximum atomic E-state index is 12.8. The highest BCUT2D eigenvalue weighted by atomic mass is 16.6. The first-order chi connectivity index (χ1) is 16.1. The van der Waals surface area contributed by atoms with E-state index < -0.39 is 11.9 Å². The van der Waals surface area contributed by atoms with Crippen LogP contribution in [0.15, 0.2) is 65.3 Å². The molecule has 0 N–H and O–H groups in total. The molecule has 0 saturated heterocycles. The van der Waals surface area contributed by atoms with E-state index in [1.807, 2.05) is 24.3 Å². The van der Waals surface area contributed by atoms with E-state index in [1.54, 1.807) is 13.8 Å². The number of esters is 2. The Bertz CT molecular complexity index is 1150. The van der Waals surface area contributed by atoms with Gasteiger partial charge in [0.05, 0.1) is 13.2 Å². The summed E-state index contributed by atoms with van der Waals surface area (Å²) in [6.07, 6.45) is 1.94. The third-order valence-electron chi connectivity index (χ3n) is 7.65. The molecule has 4 aliphatic carbocycles. The van der Waals surface area contributed by atoms with Crippen LogP contribution in [-0.4, -0.2) is 25.2 Å². The molecule has 5 aliphatic rings. The van der Waals surface area contributed by atoms with Gasteiger partial charge in [-0.05, 0) is 73.6 Å². The van der Waals surface area contributed by atoms with Gasteiger partial charge in [-0.2, -0.15) is 0 Å². The van der Waals surface area contributed by atoms with E-state index in [2.05, 4.69) is 24.3 Å². The predicted octanol–water partition coefficient (Wildman–Crippen LogP) is 5.30. The standard InChI is InChI=1S/C28H26O5/c1-3-31-27(29)26(28(30)32-4-2)25-19-13-17-20(25)14-18(19)24(17)23-15-9-5-7-11-21(15)33-22-12-8-6-10-16(22)23/h5-12,17-20H,3-4,13-14H2,1-2H3/t17-,18-,19-,20-/m1/s1. The molecule has 4 saturated carbocycles. The second kappa shape index (κ2) is 7.62. The summed E-state index contributed by atoms with van der Waals surface area (Å²) in [5.41, 5.74) is 6.12. The number of carbonyl (C=O) groups is 2. The summed E-state index contributed by atoms with van der Waals surface area (Å²) >= 11 is 0. The number of carbonyl (C=O) groups excluding carboxylic acids is 2. The molecule has 0 unspecified atom stereocenters. The highest BCUT2D eigenvalue weighted by Crippen LogP contribution is 2.71. The number of benzene rings is 2. The van der Waals surface area contributed by atoms with Crippen LogP contribution < -0.4 is 4.74 Å². The van der Waals surface area contributed by atoms with E-state index in [0.29, 0.717) is 11.8 Å². The number of para-hydroxylation sites is 2. The van der Waals surface area contributed by atoms with Crippen molar-refractivity contribution in [2.24, 2.45) is 23.7 Å². The fourth-order valence-corrected chi connectivity index (χ4v) is 6.70. The molecule has 0 amide bonds. The monoisotopic (exact) mass is 442 g/mol. The molecule has 2 aromatic rings. The predicted molar refractivity (Wildman–Crippen MR) is 122 cm³/mol. The molecule has 4 bridgehead atoms. The van der Waals surface area contributed by atoms with Gasteiger partial charge in [0, 0.05) is 11.1 Å². The third kappa shape index (κ3) is 2.84. The van der Waals surface area contributed by atoms with Gasteiger partial charge < -0.3 is 14.2 Å². The Hall–Kier alpha value is -3.34. The van der Waals surface area contributed by atoms with Crippen molar-refractivity contribution in [2.75, 3.05) is 13.2 Å². The van der Waals surface area contributed by atoms with Gasteiger partial charge in [0.15, 0.2) is 0 Å². The first-order valence-corrected chi connectivity index (χ1v) is 11.8. The zero-order valence-corrected chi connectivity index (χ0v) is 18.8. The first-order valence-electron chi connectivity index (χ1n) is 11.8. The lowest BCUT2D eigenvalue weighted by molar-refractivity contribution is -0.146. The summed E-state index contributed by atoms with van der Waals surface area (Å²) in [6, 6.07) is 16.4. The van der Waals surface area contributed by atoms with Crippen LogP contribution in [0.3, 0.4) is 0 Å². The molecule has 0 spiro atoms. The van der Waals surface area contributed by atoms with Crippen molar-refractivity contribution in [1.82, 2.24) is 0 Å². The summed E-state index contributed by atoms with van der Waals surface area (Å²) < 4.78 is 16.7. The third-order valence-corrected chi connectivity index (χ3v) is 7.65. The molecule has 0 radical (unpaired) electrons. The van der Waals surface area contributed by atoms with Crippen molar-refractivity contribution in [1.29, 1.82) is 0 Å². The summed E-state index contributed by atoms with van der Waals surface area (Å²) in [6.45, 7) is 3.99. The van der Waals surface area contributed by atoms with Crippen molar-refractivity contribution in [3.8, 4) is 11.5 Å². The molecule has 33 heavy (non-hydrogen) atoms. The van der Waals surface area contributed by atoms with Gasteiger partial charge >= 0.3 is 11.9 Å². The Morgan fingerprint density at radius 2 is 1.27 bits per heavy atom. The molecule has 1 aliphatic heterocycles. The minimum Gasteiger partial charge on any atom is -0.462 e. The van der Waals surface area contributed by atoms with E-state index in [-0.39, 0.29) is 30.6 Å². The smallest absolute Gasteiger partial charge is 0.345 e. The van der Waals surface area contributed by atoms with Crippen LogP contribution in [0, 0.1) is 23.7 Å². The van der Waals surface area contributed by atoms with E-state index in [9.17, 15) is 9.59 Å². The zero-order chi connectivity index (χ0) is 22.7. The fraction of sp³-hybridized carbons (Fsp3) is 0.357. The van der Waals surface area contributed by atoms with Crippen LogP contribution in [0.25, 0.3) is 5.57 Å². The summed E-state index contributed by atoms with van der Waals surface area (Å²) in [5, 5.41) is 0. The topological polar surface area (TPSA) is 61.8 Å². The minimum absolute atomic E-state index is 0.149. The molecule has 168 valence electrons. The molecule has 7 rings (SSSR count). The lowest BCUT2D eigenvalue weighted by Crippen LogP contribution is -2.23. The van der Waals surface area contributed by atoms with E-state index in [0.717, 1.165) is 41.0 Å². The van der Waals surface area contributed by atoms with Crippen molar-refractivity contribution in [2.45, 2.75) is 26.7 Å². The van der Waals surface area contributed by atoms with Gasteiger partial charge in [-0.1, -0.05) is 42.0 Å². The van der Waals surface area contributed by atoms with Gasteiger partial charge in [0.25, 0.3) is 0 Å². The zero-order valence-electron chi connectivity index (χ0n) is 18.8. The van der Waals surface area contributed by atoms with Crippen LogP contribution >= 0.6 is 0 Å². The second-order valence-electron chi connectivity index (χ2n) is 9.09. The second-order valence-corrected chi connectivity index (χ2v) is 9.09. The maximum Gasteiger partial charge on any atom is 0.345 e. The Morgan fingerprint density at radius 3 is 1.76 bits per heavy atom. The van der Waals surface area contributed by atoms with E-state index in [4.69, 9.17) is 14.2 Å². The molecular weight excluding hydrogens is 416 g/mol. The Morgan fingerprint density at radius 1 is 0.788 bits per heavy atom. The Balaban J connectivity index is 1.49. The van der Waals surface area contributed by atoms with Crippen molar-refractivity contribution in [3.05, 3.63) is 76.4 Å². The quantitative estimate of drug-likeness (QED) is 0.237. The van der Waals surface area contributed by atoms with Gasteiger partial charge in [-0.25, -0.2) is 9.59 Å². The van der Waals surface area contributed by atoms with E-state index in [1.165, 1.54) is 11.1 Å². The molecule has 4 atom stereocenters.